The van der Waals surface area contributed by atoms with Crippen LogP contribution in [-0.4, -0.2) is 23.5 Å². The lowest BCUT2D eigenvalue weighted by Crippen LogP contribution is -2.22. The molecule has 1 heterocycles. The standard InChI is InChI=1S/C16H13BrCl2N2O3/c1-9-12(18)7-20-16(15(9)19)21-13(22)8-24-14(23)6-10-2-4-11(17)5-3-10/h2-5,7H,6,8H2,1H3,(H,20,21,22). The fourth-order valence-electron chi connectivity index (χ4n) is 1.78. The number of hydrogen-bond acceptors (Lipinski definition) is 4. The summed E-state index contributed by atoms with van der Waals surface area (Å²) in [4.78, 5) is 27.5. The van der Waals surface area contributed by atoms with Gasteiger partial charge in [0.2, 0.25) is 0 Å². The highest BCUT2D eigenvalue weighted by atomic mass is 79.9. The SMILES string of the molecule is Cc1c(Cl)cnc(NC(=O)COC(=O)Cc2ccc(Br)cc2)c1Cl. The molecule has 1 amide bonds. The molecule has 0 fully saturated rings. The Labute approximate surface area is 157 Å². The van der Waals surface area contributed by atoms with Crippen LogP contribution in [-0.2, 0) is 20.7 Å². The van der Waals surface area contributed by atoms with Crippen molar-refractivity contribution in [3.63, 3.8) is 0 Å². The third-order valence-electron chi connectivity index (χ3n) is 3.09. The first-order chi connectivity index (χ1) is 11.4. The summed E-state index contributed by atoms with van der Waals surface area (Å²) >= 11 is 15.2. The normalized spacial score (nSPS) is 10.3. The number of rotatable bonds is 5. The summed E-state index contributed by atoms with van der Waals surface area (Å²) in [6.07, 6.45) is 1.47. The molecular weight excluding hydrogens is 419 g/mol. The highest BCUT2D eigenvalue weighted by molar-refractivity contribution is 9.10. The van der Waals surface area contributed by atoms with E-state index in [2.05, 4.69) is 26.2 Å². The first kappa shape index (κ1) is 18.7. The molecule has 1 aromatic carbocycles. The van der Waals surface area contributed by atoms with Crippen molar-refractivity contribution in [3.8, 4) is 0 Å². The Morgan fingerprint density at radius 2 is 1.92 bits per heavy atom. The highest BCUT2D eigenvalue weighted by Gasteiger charge is 2.13. The first-order valence-corrected chi connectivity index (χ1v) is 8.42. The van der Waals surface area contributed by atoms with Crippen LogP contribution in [0.5, 0.6) is 0 Å². The van der Waals surface area contributed by atoms with Gasteiger partial charge in [0.1, 0.15) is 0 Å². The Hall–Kier alpha value is -1.63. The van der Waals surface area contributed by atoms with Gasteiger partial charge in [-0.15, -0.1) is 0 Å². The summed E-state index contributed by atoms with van der Waals surface area (Å²) in [5, 5.41) is 3.13. The van der Waals surface area contributed by atoms with Gasteiger partial charge < -0.3 is 10.1 Å². The molecule has 0 atom stereocenters. The van der Waals surface area contributed by atoms with Crippen molar-refractivity contribution in [2.24, 2.45) is 0 Å². The molecule has 2 rings (SSSR count). The number of anilines is 1. The minimum atomic E-state index is -0.532. The molecule has 0 unspecified atom stereocenters. The number of pyridine rings is 1. The van der Waals surface area contributed by atoms with E-state index >= 15 is 0 Å². The number of ether oxygens (including phenoxy) is 1. The van der Waals surface area contributed by atoms with E-state index in [-0.39, 0.29) is 17.3 Å². The number of nitrogens with zero attached hydrogens (tertiary/aromatic N) is 1. The van der Waals surface area contributed by atoms with Crippen molar-refractivity contribution >= 4 is 56.8 Å². The second-order valence-electron chi connectivity index (χ2n) is 4.91. The third kappa shape index (κ3) is 5.19. The summed E-state index contributed by atoms with van der Waals surface area (Å²) in [5.74, 6) is -0.860. The van der Waals surface area contributed by atoms with Crippen molar-refractivity contribution in [3.05, 3.63) is 56.1 Å². The van der Waals surface area contributed by atoms with Crippen molar-refractivity contribution < 1.29 is 14.3 Å². The van der Waals surface area contributed by atoms with E-state index in [9.17, 15) is 9.59 Å². The minimum Gasteiger partial charge on any atom is -0.455 e. The molecule has 1 N–H and O–H groups in total. The maximum atomic E-state index is 11.8. The molecule has 0 bridgehead atoms. The van der Waals surface area contributed by atoms with Crippen LogP contribution in [0.25, 0.3) is 0 Å². The average molecular weight is 432 g/mol. The zero-order valence-corrected chi connectivity index (χ0v) is 15.7. The summed E-state index contributed by atoms with van der Waals surface area (Å²) in [6, 6.07) is 7.24. The van der Waals surface area contributed by atoms with Gasteiger partial charge in [0.05, 0.1) is 16.5 Å². The van der Waals surface area contributed by atoms with Crippen LogP contribution in [0.2, 0.25) is 10.0 Å². The molecule has 5 nitrogen and oxygen atoms in total. The molecule has 0 aliphatic heterocycles. The highest BCUT2D eigenvalue weighted by Crippen LogP contribution is 2.28. The molecule has 8 heteroatoms. The zero-order chi connectivity index (χ0) is 17.7. The number of carbonyl (C=O) groups is 2. The Balaban J connectivity index is 1.86. The van der Waals surface area contributed by atoms with E-state index in [0.717, 1.165) is 10.0 Å². The zero-order valence-electron chi connectivity index (χ0n) is 12.6. The molecule has 2 aromatic rings. The first-order valence-electron chi connectivity index (χ1n) is 6.87. The topological polar surface area (TPSA) is 68.3 Å². The number of hydrogen-bond donors (Lipinski definition) is 1. The lowest BCUT2D eigenvalue weighted by molar-refractivity contribution is -0.146. The van der Waals surface area contributed by atoms with Crippen LogP contribution in [0.15, 0.2) is 34.9 Å². The van der Waals surface area contributed by atoms with Gasteiger partial charge in [-0.3, -0.25) is 9.59 Å². The van der Waals surface area contributed by atoms with Crippen LogP contribution in [0, 0.1) is 6.92 Å². The summed E-state index contributed by atoms with van der Waals surface area (Å²) in [6.45, 7) is 1.29. The number of aromatic nitrogens is 1. The number of amides is 1. The summed E-state index contributed by atoms with van der Waals surface area (Å²) in [7, 11) is 0. The average Bonchev–Trinajstić information content (AvgIpc) is 2.56. The Morgan fingerprint density at radius 1 is 1.25 bits per heavy atom. The number of benzene rings is 1. The van der Waals surface area contributed by atoms with Gasteiger partial charge in [-0.05, 0) is 30.2 Å². The molecule has 0 spiro atoms. The fourth-order valence-corrected chi connectivity index (χ4v) is 2.43. The minimum absolute atomic E-state index is 0.0830. The van der Waals surface area contributed by atoms with Gasteiger partial charge in [0.25, 0.3) is 5.91 Å². The van der Waals surface area contributed by atoms with E-state index in [1.165, 1.54) is 6.20 Å². The Kier molecular flexibility index (Phi) is 6.60. The Bertz CT molecular complexity index is 767. The lowest BCUT2D eigenvalue weighted by atomic mass is 10.2. The van der Waals surface area contributed by atoms with Crippen molar-refractivity contribution in [2.45, 2.75) is 13.3 Å². The molecule has 0 radical (unpaired) electrons. The summed E-state index contributed by atoms with van der Waals surface area (Å²) in [5.41, 5.74) is 1.40. The van der Waals surface area contributed by atoms with Crippen LogP contribution in [0.3, 0.4) is 0 Å². The summed E-state index contributed by atoms with van der Waals surface area (Å²) < 4.78 is 5.86. The van der Waals surface area contributed by atoms with Crippen molar-refractivity contribution in [1.29, 1.82) is 0 Å². The largest absolute Gasteiger partial charge is 0.455 e. The maximum absolute atomic E-state index is 11.8. The van der Waals surface area contributed by atoms with Gasteiger partial charge in [-0.1, -0.05) is 51.3 Å². The van der Waals surface area contributed by atoms with Crippen LogP contribution in [0.4, 0.5) is 5.82 Å². The van der Waals surface area contributed by atoms with Crippen LogP contribution in [0.1, 0.15) is 11.1 Å². The molecule has 0 saturated heterocycles. The van der Waals surface area contributed by atoms with E-state index in [1.54, 1.807) is 19.1 Å². The monoisotopic (exact) mass is 430 g/mol. The molecule has 126 valence electrons. The molecule has 1 aromatic heterocycles. The predicted octanol–water partition coefficient (Wildman–Crippen LogP) is 4.18. The third-order valence-corrected chi connectivity index (χ3v) is 4.46. The lowest BCUT2D eigenvalue weighted by Gasteiger charge is -2.09. The van der Waals surface area contributed by atoms with Crippen molar-refractivity contribution in [2.75, 3.05) is 11.9 Å². The fraction of sp³-hybridized carbons (Fsp3) is 0.188. The van der Waals surface area contributed by atoms with Gasteiger partial charge in [-0.2, -0.15) is 0 Å². The van der Waals surface area contributed by atoms with Gasteiger partial charge in [0, 0.05) is 10.7 Å². The van der Waals surface area contributed by atoms with Gasteiger partial charge in [0.15, 0.2) is 12.4 Å². The van der Waals surface area contributed by atoms with Crippen LogP contribution < -0.4 is 5.32 Å². The predicted molar refractivity (Wildman–Crippen MR) is 96.4 cm³/mol. The smallest absolute Gasteiger partial charge is 0.310 e. The molecule has 0 aliphatic rings. The van der Waals surface area contributed by atoms with E-state index < -0.39 is 18.5 Å². The number of halogens is 3. The quantitative estimate of drug-likeness (QED) is 0.721. The second kappa shape index (κ2) is 8.46. The molecular formula is C16H13BrCl2N2O3. The second-order valence-corrected chi connectivity index (χ2v) is 6.61. The van der Waals surface area contributed by atoms with Crippen LogP contribution >= 0.6 is 39.1 Å². The molecule has 0 saturated carbocycles. The number of nitrogens with one attached hydrogen (secondary N) is 1. The number of esters is 1. The van der Waals surface area contributed by atoms with E-state index in [1.807, 2.05) is 12.1 Å². The van der Waals surface area contributed by atoms with Gasteiger partial charge in [-0.25, -0.2) is 4.98 Å². The van der Waals surface area contributed by atoms with E-state index in [0.29, 0.717) is 10.6 Å². The maximum Gasteiger partial charge on any atom is 0.310 e. The van der Waals surface area contributed by atoms with E-state index in [4.69, 9.17) is 27.9 Å². The van der Waals surface area contributed by atoms with Gasteiger partial charge >= 0.3 is 5.97 Å². The van der Waals surface area contributed by atoms with Crippen molar-refractivity contribution in [1.82, 2.24) is 4.98 Å². The molecule has 0 aliphatic carbocycles. The molecule has 24 heavy (non-hydrogen) atoms. The number of carbonyl (C=O) groups excluding carboxylic acids is 2. The Morgan fingerprint density at radius 3 is 2.58 bits per heavy atom.